The lowest BCUT2D eigenvalue weighted by Crippen LogP contribution is -2.46. The van der Waals surface area contributed by atoms with Crippen LogP contribution < -0.4 is 5.32 Å². The Labute approximate surface area is 200 Å². The number of nitrogens with zero attached hydrogens (tertiary/aromatic N) is 1. The first-order valence-corrected chi connectivity index (χ1v) is 13.4. The highest BCUT2D eigenvalue weighted by atomic mass is 16.5. The van der Waals surface area contributed by atoms with Crippen LogP contribution in [0.3, 0.4) is 0 Å². The first kappa shape index (κ1) is 30.7. The summed E-state index contributed by atoms with van der Waals surface area (Å²) < 4.78 is 6.01. The molecule has 1 saturated carbocycles. The van der Waals surface area contributed by atoms with E-state index in [0.29, 0.717) is 6.10 Å². The van der Waals surface area contributed by atoms with Gasteiger partial charge in [-0.1, -0.05) is 65.0 Å². The molecule has 1 amide bonds. The van der Waals surface area contributed by atoms with Gasteiger partial charge in [-0.2, -0.15) is 0 Å². The molecule has 4 nitrogen and oxygen atoms in total. The molecule has 2 aliphatic rings. The van der Waals surface area contributed by atoms with Crippen LogP contribution in [-0.2, 0) is 9.53 Å². The van der Waals surface area contributed by atoms with Gasteiger partial charge < -0.3 is 15.0 Å². The van der Waals surface area contributed by atoms with Gasteiger partial charge in [-0.05, 0) is 72.0 Å². The molecule has 0 spiro atoms. The van der Waals surface area contributed by atoms with Crippen LogP contribution >= 0.6 is 0 Å². The third-order valence-corrected chi connectivity index (χ3v) is 6.16. The van der Waals surface area contributed by atoms with Gasteiger partial charge in [0.15, 0.2) is 0 Å². The van der Waals surface area contributed by atoms with Gasteiger partial charge in [-0.25, -0.2) is 0 Å². The van der Waals surface area contributed by atoms with Gasteiger partial charge >= 0.3 is 0 Å². The number of allylic oxidation sites excluding steroid dienone is 4. The van der Waals surface area contributed by atoms with Gasteiger partial charge in [-0.15, -0.1) is 0 Å². The second kappa shape index (κ2) is 19.2. The summed E-state index contributed by atoms with van der Waals surface area (Å²) >= 11 is 0. The van der Waals surface area contributed by atoms with Crippen molar-refractivity contribution in [1.29, 1.82) is 0 Å². The highest BCUT2D eigenvalue weighted by Gasteiger charge is 2.26. The number of ether oxygens (including phenoxy) is 1. The van der Waals surface area contributed by atoms with Crippen molar-refractivity contribution in [2.45, 2.75) is 131 Å². The Morgan fingerprint density at radius 2 is 1.62 bits per heavy atom. The lowest BCUT2D eigenvalue weighted by molar-refractivity contribution is -0.121. The predicted molar refractivity (Wildman–Crippen MR) is 140 cm³/mol. The lowest BCUT2D eigenvalue weighted by Gasteiger charge is -2.34. The number of carbonyl (C=O) groups excluding carboxylic acids is 1. The molecular weight excluding hydrogens is 396 g/mol. The van der Waals surface area contributed by atoms with Gasteiger partial charge in [0.25, 0.3) is 0 Å². The molecule has 0 aromatic heterocycles. The molecule has 1 atom stereocenters. The third-order valence-electron chi connectivity index (χ3n) is 6.16. The molecule has 2 fully saturated rings. The predicted octanol–water partition coefficient (Wildman–Crippen LogP) is 7.40. The maximum absolute atomic E-state index is 10.8. The fourth-order valence-electron chi connectivity index (χ4n) is 4.37. The molecule has 0 bridgehead atoms. The number of hydrogen-bond acceptors (Lipinski definition) is 3. The van der Waals surface area contributed by atoms with Crippen LogP contribution in [0.25, 0.3) is 0 Å². The van der Waals surface area contributed by atoms with Crippen LogP contribution in [0.2, 0.25) is 0 Å². The zero-order valence-corrected chi connectivity index (χ0v) is 22.5. The number of nitrogens with one attached hydrogen (secondary N) is 1. The van der Waals surface area contributed by atoms with Gasteiger partial charge in [0.05, 0.1) is 11.9 Å². The number of amides is 1. The smallest absolute Gasteiger partial charge is 0.217 e. The van der Waals surface area contributed by atoms with Crippen molar-refractivity contribution in [3.05, 3.63) is 24.0 Å². The summed E-state index contributed by atoms with van der Waals surface area (Å²) in [5.74, 6) is 1.20. The summed E-state index contributed by atoms with van der Waals surface area (Å²) in [6.45, 7) is 17.9. The first-order chi connectivity index (χ1) is 15.4. The number of likely N-dealkylation sites (tertiary alicyclic amines) is 1. The molecular formula is C28H54N2O2. The normalized spacial score (nSPS) is 20.2. The largest absolute Gasteiger partial charge is 0.495 e. The maximum atomic E-state index is 10.8. The van der Waals surface area contributed by atoms with Crippen LogP contribution in [0.4, 0.5) is 0 Å². The highest BCUT2D eigenvalue weighted by molar-refractivity contribution is 5.73. The minimum absolute atomic E-state index is 0.101. The van der Waals surface area contributed by atoms with E-state index in [9.17, 15) is 4.79 Å². The van der Waals surface area contributed by atoms with E-state index in [1.54, 1.807) is 6.92 Å². The van der Waals surface area contributed by atoms with Crippen LogP contribution in [0.1, 0.15) is 119 Å². The fraction of sp³-hybridized carbons (Fsp3) is 0.821. The van der Waals surface area contributed by atoms with Gasteiger partial charge in [0.1, 0.15) is 0 Å². The van der Waals surface area contributed by atoms with Crippen LogP contribution in [0.15, 0.2) is 24.0 Å². The number of rotatable bonds is 8. The van der Waals surface area contributed by atoms with Crippen molar-refractivity contribution in [2.75, 3.05) is 19.6 Å². The second-order valence-corrected chi connectivity index (χ2v) is 9.29. The molecule has 32 heavy (non-hydrogen) atoms. The van der Waals surface area contributed by atoms with E-state index in [4.69, 9.17) is 4.74 Å². The maximum Gasteiger partial charge on any atom is 0.217 e. The van der Waals surface area contributed by atoms with Crippen LogP contribution in [-0.4, -0.2) is 42.1 Å². The molecule has 188 valence electrons. The summed E-state index contributed by atoms with van der Waals surface area (Å²) in [5.41, 5.74) is 0.101. The molecule has 0 radical (unpaired) electrons. The monoisotopic (exact) mass is 450 g/mol. The second-order valence-electron chi connectivity index (χ2n) is 9.29. The Morgan fingerprint density at radius 3 is 2.12 bits per heavy atom. The van der Waals surface area contributed by atoms with Crippen molar-refractivity contribution < 1.29 is 9.53 Å². The highest BCUT2D eigenvalue weighted by Crippen LogP contribution is 2.27. The van der Waals surface area contributed by atoms with E-state index < -0.39 is 0 Å². The standard InChI is InChI=1S/C17H31NO.C9H17NO.C2H6/c1-4-6-11-17(5-2)19-16(3)12-15-18-13-9-7-8-10-14-18;1-8(11)10-9(2)6-4-3-5-7-9;1-2/h4,6,11,16H,5,7-10,12-15H2,1-3H3;3-7H2,1-2H3,(H,10,11);1-2H3/b6-4-,17-11+;;. The van der Waals surface area contributed by atoms with E-state index in [0.717, 1.165) is 31.4 Å². The summed E-state index contributed by atoms with van der Waals surface area (Å²) in [6.07, 6.45) is 20.3. The van der Waals surface area contributed by atoms with Crippen molar-refractivity contribution >= 4 is 5.91 Å². The Bertz CT molecular complexity index is 514. The van der Waals surface area contributed by atoms with Crippen LogP contribution in [0, 0.1) is 0 Å². The number of hydrogen-bond donors (Lipinski definition) is 1. The van der Waals surface area contributed by atoms with Gasteiger partial charge in [-0.3, -0.25) is 4.79 Å². The van der Waals surface area contributed by atoms with Crippen molar-refractivity contribution in [2.24, 2.45) is 0 Å². The Kier molecular flexibility index (Phi) is 18.4. The molecule has 1 heterocycles. The molecule has 1 aliphatic heterocycles. The minimum Gasteiger partial charge on any atom is -0.495 e. The average molecular weight is 451 g/mol. The summed E-state index contributed by atoms with van der Waals surface area (Å²) in [4.78, 5) is 13.4. The SMILES string of the molecule is C/C=C\C=C(/CC)OC(C)CCN1CCCCCC1.CC.CC(=O)NC1(C)CCCCC1. The van der Waals surface area contributed by atoms with Crippen LogP contribution in [0.5, 0.6) is 0 Å². The Hall–Kier alpha value is -1.29. The zero-order chi connectivity index (χ0) is 24.2. The fourth-order valence-corrected chi connectivity index (χ4v) is 4.37. The molecule has 1 aliphatic carbocycles. The third kappa shape index (κ3) is 15.5. The first-order valence-electron chi connectivity index (χ1n) is 13.4. The summed E-state index contributed by atoms with van der Waals surface area (Å²) in [5, 5.41) is 3.02. The molecule has 0 aromatic carbocycles. The van der Waals surface area contributed by atoms with Crippen molar-refractivity contribution in [3.8, 4) is 0 Å². The molecule has 1 N–H and O–H groups in total. The zero-order valence-electron chi connectivity index (χ0n) is 22.5. The lowest BCUT2D eigenvalue weighted by atomic mass is 9.83. The van der Waals surface area contributed by atoms with E-state index in [-0.39, 0.29) is 11.4 Å². The quantitative estimate of drug-likeness (QED) is 0.309. The van der Waals surface area contributed by atoms with Crippen molar-refractivity contribution in [3.63, 3.8) is 0 Å². The van der Waals surface area contributed by atoms with E-state index in [2.05, 4.69) is 43.1 Å². The van der Waals surface area contributed by atoms with Gasteiger partial charge in [0.2, 0.25) is 5.91 Å². The average Bonchev–Trinajstić information content (AvgIpc) is 3.05. The minimum atomic E-state index is 0.101. The molecule has 1 saturated heterocycles. The Morgan fingerprint density at radius 1 is 1.06 bits per heavy atom. The Balaban J connectivity index is 0.000000626. The molecule has 2 rings (SSSR count). The summed E-state index contributed by atoms with van der Waals surface area (Å²) in [7, 11) is 0. The number of carbonyl (C=O) groups is 1. The van der Waals surface area contributed by atoms with Gasteiger partial charge in [0, 0.05) is 25.4 Å². The molecule has 4 heteroatoms. The molecule has 1 unspecified atom stereocenters. The van der Waals surface area contributed by atoms with E-state index in [1.807, 2.05) is 26.8 Å². The topological polar surface area (TPSA) is 41.6 Å². The van der Waals surface area contributed by atoms with Crippen molar-refractivity contribution in [1.82, 2.24) is 10.2 Å². The molecule has 0 aromatic rings. The summed E-state index contributed by atoms with van der Waals surface area (Å²) in [6, 6.07) is 0. The van der Waals surface area contributed by atoms with E-state index >= 15 is 0 Å². The van der Waals surface area contributed by atoms with E-state index in [1.165, 1.54) is 64.6 Å².